The van der Waals surface area contributed by atoms with Crippen molar-refractivity contribution >= 4 is 17.3 Å². The van der Waals surface area contributed by atoms with E-state index in [2.05, 4.69) is 65.9 Å². The van der Waals surface area contributed by atoms with Crippen LogP contribution in [-0.4, -0.2) is 31.2 Å². The zero-order chi connectivity index (χ0) is 28.7. The summed E-state index contributed by atoms with van der Waals surface area (Å²) in [4.78, 5) is 24.4. The van der Waals surface area contributed by atoms with Crippen LogP contribution in [0.1, 0.15) is 91.7 Å². The number of ether oxygens (including phenoxy) is 3. The van der Waals surface area contributed by atoms with Gasteiger partial charge in [0.15, 0.2) is 11.9 Å². The third kappa shape index (κ3) is 7.17. The van der Waals surface area contributed by atoms with Gasteiger partial charge in [-0.1, -0.05) is 67.0 Å². The average Bonchev–Trinajstić information content (AvgIpc) is 2.90. The molecule has 0 aliphatic heterocycles. The number of hydrogen-bond acceptors (Lipinski definition) is 6. The molecule has 0 saturated carbocycles. The lowest BCUT2D eigenvalue weighted by molar-refractivity contribution is -0.385. The molecule has 210 valence electrons. The Morgan fingerprint density at radius 2 is 1.58 bits per heavy atom. The highest BCUT2D eigenvalue weighted by Crippen LogP contribution is 2.40. The number of rotatable bonds is 14. The Morgan fingerprint density at radius 1 is 0.947 bits per heavy atom. The molecule has 0 aromatic heterocycles. The summed E-state index contributed by atoms with van der Waals surface area (Å²) in [5.74, 6) is 0.528. The molecule has 1 N–H and O–H groups in total. The zero-order valence-electron chi connectivity index (χ0n) is 24.4. The Bertz CT molecular complexity index is 1130. The Kier molecular flexibility index (Phi) is 10.6. The zero-order valence-corrected chi connectivity index (χ0v) is 24.4. The summed E-state index contributed by atoms with van der Waals surface area (Å²) in [6, 6.07) is 8.95. The monoisotopic (exact) mass is 528 g/mol. The van der Waals surface area contributed by atoms with Crippen LogP contribution in [0.5, 0.6) is 17.2 Å². The fourth-order valence-electron chi connectivity index (χ4n) is 4.10. The molecule has 0 saturated heterocycles. The predicted molar refractivity (Wildman–Crippen MR) is 152 cm³/mol. The maximum absolute atomic E-state index is 13.5. The quantitative estimate of drug-likeness (QED) is 0.201. The van der Waals surface area contributed by atoms with Gasteiger partial charge in [-0.2, -0.15) is 0 Å². The molecule has 1 atom stereocenters. The predicted octanol–water partition coefficient (Wildman–Crippen LogP) is 7.56. The number of nitro benzene ring substituents is 1. The number of anilines is 1. The first-order valence-electron chi connectivity index (χ1n) is 13.4. The molecule has 0 fully saturated rings. The number of hydrogen-bond donors (Lipinski definition) is 1. The second-order valence-electron chi connectivity index (χ2n) is 10.9. The number of nitro groups is 1. The van der Waals surface area contributed by atoms with E-state index in [1.165, 1.54) is 31.9 Å². The van der Waals surface area contributed by atoms with Crippen molar-refractivity contribution in [3.05, 3.63) is 51.6 Å². The summed E-state index contributed by atoms with van der Waals surface area (Å²) >= 11 is 0. The Balaban J connectivity index is 2.49. The van der Waals surface area contributed by atoms with Gasteiger partial charge in [0.1, 0.15) is 11.5 Å². The van der Waals surface area contributed by atoms with E-state index in [9.17, 15) is 14.9 Å². The van der Waals surface area contributed by atoms with Crippen molar-refractivity contribution < 1.29 is 23.9 Å². The SMILES string of the molecule is CCCCC(Oc1ccc(C(C)(C)CC)cc1C(C)(C)CC)C(=O)Nc1cc(OC)c([N+](=O)[O-])cc1OC. The first-order chi connectivity index (χ1) is 17.8. The van der Waals surface area contributed by atoms with Crippen molar-refractivity contribution in [1.29, 1.82) is 0 Å². The third-order valence-corrected chi connectivity index (χ3v) is 7.60. The molecule has 1 amide bonds. The van der Waals surface area contributed by atoms with E-state index in [1.54, 1.807) is 0 Å². The Labute approximate surface area is 227 Å². The summed E-state index contributed by atoms with van der Waals surface area (Å²) in [6.07, 6.45) is 3.36. The second kappa shape index (κ2) is 13.0. The van der Waals surface area contributed by atoms with Gasteiger partial charge in [-0.15, -0.1) is 0 Å². The molecule has 2 aromatic carbocycles. The van der Waals surface area contributed by atoms with Crippen LogP contribution in [0.25, 0.3) is 0 Å². The van der Waals surface area contributed by atoms with Crippen LogP contribution in [0.2, 0.25) is 0 Å². The minimum atomic E-state index is -0.766. The standard InChI is InChI=1S/C30H44N2O6/c1-10-13-14-25(28(33)31-22-18-27(37-9)23(32(34)35)19-26(22)36-8)38-24-16-15-20(29(4,5)11-2)17-21(24)30(6,7)12-3/h15-19,25H,10-14H2,1-9H3,(H,31,33). The molecule has 2 aromatic rings. The fourth-order valence-corrected chi connectivity index (χ4v) is 4.10. The maximum atomic E-state index is 13.5. The molecular weight excluding hydrogens is 484 g/mol. The van der Waals surface area contributed by atoms with Gasteiger partial charge in [0.25, 0.3) is 5.91 Å². The van der Waals surface area contributed by atoms with Crippen LogP contribution >= 0.6 is 0 Å². The average molecular weight is 529 g/mol. The van der Waals surface area contributed by atoms with Crippen LogP contribution in [0, 0.1) is 10.1 Å². The van der Waals surface area contributed by atoms with Crippen LogP contribution < -0.4 is 19.5 Å². The van der Waals surface area contributed by atoms with Gasteiger partial charge in [-0.3, -0.25) is 14.9 Å². The smallest absolute Gasteiger partial charge is 0.314 e. The van der Waals surface area contributed by atoms with Gasteiger partial charge in [-0.05, 0) is 48.1 Å². The number of nitrogens with zero attached hydrogens (tertiary/aromatic N) is 1. The molecule has 0 radical (unpaired) electrons. The summed E-state index contributed by atoms with van der Waals surface area (Å²) in [7, 11) is 2.73. The third-order valence-electron chi connectivity index (χ3n) is 7.60. The number of amides is 1. The fraction of sp³-hybridized carbons (Fsp3) is 0.567. The van der Waals surface area contributed by atoms with Gasteiger partial charge in [0.05, 0.1) is 30.9 Å². The van der Waals surface area contributed by atoms with Gasteiger partial charge in [0.2, 0.25) is 0 Å². The molecule has 0 aliphatic rings. The van der Waals surface area contributed by atoms with Gasteiger partial charge in [-0.25, -0.2) is 0 Å². The van der Waals surface area contributed by atoms with Crippen molar-refractivity contribution in [3.8, 4) is 17.2 Å². The molecule has 38 heavy (non-hydrogen) atoms. The highest BCUT2D eigenvalue weighted by atomic mass is 16.6. The summed E-state index contributed by atoms with van der Waals surface area (Å²) in [5.41, 5.74) is 2.20. The van der Waals surface area contributed by atoms with Crippen molar-refractivity contribution in [2.24, 2.45) is 0 Å². The number of unbranched alkanes of at least 4 members (excludes halogenated alkanes) is 1. The van der Waals surface area contributed by atoms with Crippen molar-refractivity contribution in [3.63, 3.8) is 0 Å². The first kappa shape index (κ1) is 30.9. The summed E-state index contributed by atoms with van der Waals surface area (Å²) < 4.78 is 17.0. The lowest BCUT2D eigenvalue weighted by Gasteiger charge is -2.31. The highest BCUT2D eigenvalue weighted by molar-refractivity contribution is 5.96. The summed E-state index contributed by atoms with van der Waals surface area (Å²) in [6.45, 7) is 15.2. The number of nitrogens with one attached hydrogen (secondary N) is 1. The van der Waals surface area contributed by atoms with E-state index in [0.717, 1.165) is 31.2 Å². The molecule has 0 aliphatic carbocycles. The molecule has 0 spiro atoms. The van der Waals surface area contributed by atoms with E-state index in [-0.39, 0.29) is 39.6 Å². The van der Waals surface area contributed by atoms with E-state index in [4.69, 9.17) is 14.2 Å². The molecule has 0 bridgehead atoms. The maximum Gasteiger partial charge on any atom is 0.314 e. The molecule has 1 unspecified atom stereocenters. The van der Waals surface area contributed by atoms with Crippen LogP contribution in [0.3, 0.4) is 0 Å². The van der Waals surface area contributed by atoms with Crippen LogP contribution in [-0.2, 0) is 15.6 Å². The number of carbonyl (C=O) groups is 1. The normalized spacial score (nSPS) is 12.6. The number of methoxy groups -OCH3 is 2. The topological polar surface area (TPSA) is 99.9 Å². The number of benzene rings is 2. The highest BCUT2D eigenvalue weighted by Gasteiger charge is 2.30. The van der Waals surface area contributed by atoms with E-state index in [1.807, 2.05) is 6.07 Å². The minimum absolute atomic E-state index is 0.0155. The molecule has 0 heterocycles. The largest absolute Gasteiger partial charge is 0.494 e. The van der Waals surface area contributed by atoms with E-state index in [0.29, 0.717) is 12.2 Å². The van der Waals surface area contributed by atoms with Crippen LogP contribution in [0.4, 0.5) is 11.4 Å². The van der Waals surface area contributed by atoms with Crippen molar-refractivity contribution in [2.75, 3.05) is 19.5 Å². The Morgan fingerprint density at radius 3 is 2.11 bits per heavy atom. The van der Waals surface area contributed by atoms with Gasteiger partial charge < -0.3 is 19.5 Å². The first-order valence-corrected chi connectivity index (χ1v) is 13.4. The number of carbonyl (C=O) groups excluding carboxylic acids is 1. The van der Waals surface area contributed by atoms with Crippen molar-refractivity contribution in [1.82, 2.24) is 0 Å². The lowest BCUT2D eigenvalue weighted by Crippen LogP contribution is -2.34. The molecule has 8 heteroatoms. The molecular formula is C30H44N2O6. The summed E-state index contributed by atoms with van der Waals surface area (Å²) in [5, 5.41) is 14.3. The molecule has 2 rings (SSSR count). The lowest BCUT2D eigenvalue weighted by atomic mass is 9.76. The van der Waals surface area contributed by atoms with E-state index >= 15 is 0 Å². The van der Waals surface area contributed by atoms with E-state index < -0.39 is 11.0 Å². The minimum Gasteiger partial charge on any atom is -0.494 e. The molecule has 8 nitrogen and oxygen atoms in total. The van der Waals surface area contributed by atoms with Crippen molar-refractivity contribution in [2.45, 2.75) is 97.5 Å². The van der Waals surface area contributed by atoms with Gasteiger partial charge in [0, 0.05) is 11.6 Å². The second-order valence-corrected chi connectivity index (χ2v) is 10.9. The van der Waals surface area contributed by atoms with Gasteiger partial charge >= 0.3 is 5.69 Å². The Hall–Kier alpha value is -3.29. The van der Waals surface area contributed by atoms with Crippen LogP contribution in [0.15, 0.2) is 30.3 Å².